The number of thioether (sulfide) groups is 2. The molecular formula is C22H18F4OS2. The zero-order valence-electron chi connectivity index (χ0n) is 15.5. The van der Waals surface area contributed by atoms with E-state index in [9.17, 15) is 17.6 Å². The lowest BCUT2D eigenvalue weighted by molar-refractivity contribution is -0.274. The third kappa shape index (κ3) is 7.01. The van der Waals surface area contributed by atoms with Crippen LogP contribution in [-0.4, -0.2) is 6.36 Å². The van der Waals surface area contributed by atoms with Crippen LogP contribution in [0, 0.1) is 12.7 Å². The van der Waals surface area contributed by atoms with Crippen LogP contribution < -0.4 is 4.74 Å². The van der Waals surface area contributed by atoms with Crippen LogP contribution in [0.1, 0.15) is 16.7 Å². The average molecular weight is 439 g/mol. The number of ether oxygens (including phenoxy) is 1. The SMILES string of the molecule is Cc1ccc(F)c(SCc2cccc(SCc3cccc(OC(F)(F)F)c3)c2)c1. The molecule has 0 unspecified atom stereocenters. The van der Waals surface area contributed by atoms with Crippen LogP contribution in [0.5, 0.6) is 5.75 Å². The first kappa shape index (κ1) is 21.6. The molecular weight excluding hydrogens is 420 g/mol. The molecule has 0 aliphatic heterocycles. The van der Waals surface area contributed by atoms with Crippen molar-refractivity contribution >= 4 is 23.5 Å². The molecule has 152 valence electrons. The second kappa shape index (κ2) is 9.59. The van der Waals surface area contributed by atoms with Crippen LogP contribution in [0.15, 0.2) is 76.5 Å². The second-order valence-electron chi connectivity index (χ2n) is 6.35. The number of benzene rings is 3. The summed E-state index contributed by atoms with van der Waals surface area (Å²) in [7, 11) is 0. The number of halogens is 4. The monoisotopic (exact) mass is 438 g/mol. The summed E-state index contributed by atoms with van der Waals surface area (Å²) in [5.41, 5.74) is 2.79. The van der Waals surface area contributed by atoms with E-state index in [1.54, 1.807) is 18.2 Å². The van der Waals surface area contributed by atoms with Gasteiger partial charge >= 0.3 is 6.36 Å². The fraction of sp³-hybridized carbons (Fsp3) is 0.182. The largest absolute Gasteiger partial charge is 0.573 e. The summed E-state index contributed by atoms with van der Waals surface area (Å²) in [5.74, 6) is 0.690. The van der Waals surface area contributed by atoms with Gasteiger partial charge in [0, 0.05) is 21.3 Å². The smallest absolute Gasteiger partial charge is 0.406 e. The van der Waals surface area contributed by atoms with Gasteiger partial charge in [-0.25, -0.2) is 4.39 Å². The average Bonchev–Trinajstić information content (AvgIpc) is 2.66. The number of hydrogen-bond acceptors (Lipinski definition) is 3. The first-order valence-corrected chi connectivity index (χ1v) is 10.7. The molecule has 7 heteroatoms. The van der Waals surface area contributed by atoms with E-state index in [0.717, 1.165) is 21.6 Å². The van der Waals surface area contributed by atoms with E-state index in [1.807, 2.05) is 37.3 Å². The Balaban J connectivity index is 1.60. The Kier molecular flexibility index (Phi) is 7.14. The first-order chi connectivity index (χ1) is 13.8. The third-order valence-corrected chi connectivity index (χ3v) is 6.08. The Labute approximate surface area is 175 Å². The molecule has 0 aliphatic carbocycles. The molecule has 0 bridgehead atoms. The Hall–Kier alpha value is -2.12. The predicted molar refractivity (Wildman–Crippen MR) is 110 cm³/mol. The van der Waals surface area contributed by atoms with E-state index in [1.165, 1.54) is 41.7 Å². The molecule has 0 radical (unpaired) electrons. The molecule has 0 aromatic heterocycles. The second-order valence-corrected chi connectivity index (χ2v) is 8.42. The molecule has 3 aromatic rings. The maximum absolute atomic E-state index is 13.9. The summed E-state index contributed by atoms with van der Waals surface area (Å²) in [6, 6.07) is 18.9. The van der Waals surface area contributed by atoms with E-state index in [2.05, 4.69) is 4.74 Å². The van der Waals surface area contributed by atoms with Gasteiger partial charge in [-0.05, 0) is 60.0 Å². The minimum atomic E-state index is -4.70. The molecule has 0 N–H and O–H groups in total. The summed E-state index contributed by atoms with van der Waals surface area (Å²) in [4.78, 5) is 1.61. The maximum atomic E-state index is 13.9. The van der Waals surface area contributed by atoms with Crippen molar-refractivity contribution in [1.29, 1.82) is 0 Å². The van der Waals surface area contributed by atoms with Crippen molar-refractivity contribution in [3.63, 3.8) is 0 Å². The molecule has 3 rings (SSSR count). The van der Waals surface area contributed by atoms with Gasteiger partial charge in [-0.3, -0.25) is 0 Å². The van der Waals surface area contributed by atoms with Crippen LogP contribution in [-0.2, 0) is 11.5 Å². The van der Waals surface area contributed by atoms with Gasteiger partial charge in [-0.15, -0.1) is 36.7 Å². The zero-order chi connectivity index (χ0) is 20.9. The molecule has 0 aliphatic rings. The highest BCUT2D eigenvalue weighted by molar-refractivity contribution is 7.98. The Morgan fingerprint density at radius 3 is 2.28 bits per heavy atom. The molecule has 29 heavy (non-hydrogen) atoms. The van der Waals surface area contributed by atoms with E-state index in [-0.39, 0.29) is 11.6 Å². The van der Waals surface area contributed by atoms with Crippen molar-refractivity contribution in [2.45, 2.75) is 34.6 Å². The molecule has 3 aromatic carbocycles. The van der Waals surface area contributed by atoms with Crippen LogP contribution in [0.4, 0.5) is 17.6 Å². The minimum absolute atomic E-state index is 0.221. The highest BCUT2D eigenvalue weighted by Gasteiger charge is 2.31. The highest BCUT2D eigenvalue weighted by atomic mass is 32.2. The van der Waals surface area contributed by atoms with Gasteiger partial charge in [0.1, 0.15) is 11.6 Å². The van der Waals surface area contributed by atoms with Gasteiger partial charge in [0.05, 0.1) is 0 Å². The molecule has 0 heterocycles. The van der Waals surface area contributed by atoms with E-state index < -0.39 is 6.36 Å². The lowest BCUT2D eigenvalue weighted by Gasteiger charge is -2.10. The van der Waals surface area contributed by atoms with Gasteiger partial charge in [0.15, 0.2) is 0 Å². The fourth-order valence-electron chi connectivity index (χ4n) is 2.61. The molecule has 0 saturated carbocycles. The number of alkyl halides is 3. The van der Waals surface area contributed by atoms with Crippen LogP contribution in [0.2, 0.25) is 0 Å². The normalized spacial score (nSPS) is 11.5. The van der Waals surface area contributed by atoms with Gasteiger partial charge in [-0.2, -0.15) is 0 Å². The maximum Gasteiger partial charge on any atom is 0.573 e. The number of hydrogen-bond donors (Lipinski definition) is 0. The molecule has 0 saturated heterocycles. The van der Waals surface area contributed by atoms with Crippen molar-refractivity contribution in [2.24, 2.45) is 0 Å². The van der Waals surface area contributed by atoms with Crippen molar-refractivity contribution in [3.8, 4) is 5.75 Å². The summed E-state index contributed by atoms with van der Waals surface area (Å²) >= 11 is 2.96. The Morgan fingerprint density at radius 2 is 1.52 bits per heavy atom. The summed E-state index contributed by atoms with van der Waals surface area (Å²) < 4.78 is 54.9. The van der Waals surface area contributed by atoms with Crippen LogP contribution >= 0.6 is 23.5 Å². The zero-order valence-corrected chi connectivity index (χ0v) is 17.1. The van der Waals surface area contributed by atoms with Crippen LogP contribution in [0.25, 0.3) is 0 Å². The highest BCUT2D eigenvalue weighted by Crippen LogP contribution is 2.30. The van der Waals surface area contributed by atoms with Crippen molar-refractivity contribution in [1.82, 2.24) is 0 Å². The third-order valence-electron chi connectivity index (χ3n) is 3.92. The Bertz CT molecular complexity index is 973. The molecule has 1 nitrogen and oxygen atoms in total. The number of rotatable bonds is 7. The van der Waals surface area contributed by atoms with Gasteiger partial charge in [0.2, 0.25) is 0 Å². The van der Waals surface area contributed by atoms with E-state index in [4.69, 9.17) is 0 Å². The van der Waals surface area contributed by atoms with E-state index >= 15 is 0 Å². The number of aryl methyl sites for hydroxylation is 1. The molecule has 0 spiro atoms. The first-order valence-electron chi connectivity index (χ1n) is 8.74. The van der Waals surface area contributed by atoms with Crippen molar-refractivity contribution in [3.05, 3.63) is 89.2 Å². The molecule has 0 amide bonds. The fourth-order valence-corrected chi connectivity index (χ4v) is 4.51. The van der Waals surface area contributed by atoms with Gasteiger partial charge in [-0.1, -0.05) is 30.3 Å². The van der Waals surface area contributed by atoms with Gasteiger partial charge < -0.3 is 4.74 Å². The summed E-state index contributed by atoms with van der Waals surface area (Å²) in [5, 5.41) is 0. The van der Waals surface area contributed by atoms with E-state index in [0.29, 0.717) is 16.4 Å². The van der Waals surface area contributed by atoms with Crippen molar-refractivity contribution < 1.29 is 22.3 Å². The molecule has 0 fully saturated rings. The quantitative estimate of drug-likeness (QED) is 0.277. The minimum Gasteiger partial charge on any atom is -0.406 e. The van der Waals surface area contributed by atoms with Crippen LogP contribution in [0.3, 0.4) is 0 Å². The summed E-state index contributed by atoms with van der Waals surface area (Å²) in [6.45, 7) is 1.93. The molecule has 0 atom stereocenters. The summed E-state index contributed by atoms with van der Waals surface area (Å²) in [6.07, 6.45) is -4.70. The van der Waals surface area contributed by atoms with Gasteiger partial charge in [0.25, 0.3) is 0 Å². The lowest BCUT2D eigenvalue weighted by Crippen LogP contribution is -2.17. The Morgan fingerprint density at radius 1 is 0.828 bits per heavy atom. The lowest BCUT2D eigenvalue weighted by atomic mass is 10.2. The predicted octanol–water partition coefficient (Wildman–Crippen LogP) is 7.62. The standard InChI is InChI=1S/C22H18F4OS2/c1-15-8-9-20(23)21(10-15)29-14-17-5-3-7-19(12-17)28-13-16-4-2-6-18(11-16)27-22(24,25)26/h2-12H,13-14H2,1H3. The van der Waals surface area contributed by atoms with Crippen molar-refractivity contribution in [2.75, 3.05) is 0 Å². The topological polar surface area (TPSA) is 9.23 Å².